The molecule has 1 amide bonds. The largest absolute Gasteiger partial charge is 0.493 e. The Bertz CT molecular complexity index is 621. The molecular weight excluding hydrogens is 256 g/mol. The van der Waals surface area contributed by atoms with Crippen molar-refractivity contribution in [2.75, 3.05) is 6.61 Å². The Morgan fingerprint density at radius 2 is 2.15 bits per heavy atom. The number of fused-ring (bicyclic) bond motifs is 1. The van der Waals surface area contributed by atoms with Crippen molar-refractivity contribution < 1.29 is 13.9 Å². The van der Waals surface area contributed by atoms with Gasteiger partial charge in [0.1, 0.15) is 11.5 Å². The van der Waals surface area contributed by atoms with Crippen molar-refractivity contribution in [2.24, 2.45) is 5.73 Å². The first kappa shape index (κ1) is 12.7. The van der Waals surface area contributed by atoms with E-state index >= 15 is 0 Å². The zero-order chi connectivity index (χ0) is 13.9. The number of hydrogen-bond acceptors (Lipinski definition) is 4. The minimum absolute atomic E-state index is 0.0566. The number of benzene rings is 1. The molecule has 1 aliphatic rings. The molecule has 1 aromatic heterocycles. The van der Waals surface area contributed by atoms with Crippen molar-refractivity contribution in [2.45, 2.75) is 19.0 Å². The highest BCUT2D eigenvalue weighted by Crippen LogP contribution is 2.31. The van der Waals surface area contributed by atoms with Gasteiger partial charge in [-0.1, -0.05) is 18.2 Å². The Hall–Kier alpha value is -2.27. The van der Waals surface area contributed by atoms with Crippen LogP contribution in [0.3, 0.4) is 0 Å². The average Bonchev–Trinajstić information content (AvgIpc) is 2.97. The number of carbonyl (C=O) groups is 1. The van der Waals surface area contributed by atoms with Crippen LogP contribution in [-0.2, 0) is 6.54 Å². The Kier molecular flexibility index (Phi) is 3.43. The van der Waals surface area contributed by atoms with Crippen molar-refractivity contribution >= 4 is 5.91 Å². The van der Waals surface area contributed by atoms with E-state index in [-0.39, 0.29) is 24.3 Å². The van der Waals surface area contributed by atoms with E-state index in [9.17, 15) is 4.79 Å². The third-order valence-electron chi connectivity index (χ3n) is 3.35. The van der Waals surface area contributed by atoms with Crippen LogP contribution in [0.15, 0.2) is 40.8 Å². The molecule has 0 fully saturated rings. The zero-order valence-corrected chi connectivity index (χ0v) is 11.0. The fourth-order valence-corrected chi connectivity index (χ4v) is 2.33. The lowest BCUT2D eigenvalue weighted by Gasteiger charge is -2.26. The average molecular weight is 272 g/mol. The van der Waals surface area contributed by atoms with Crippen LogP contribution >= 0.6 is 0 Å². The van der Waals surface area contributed by atoms with E-state index < -0.39 is 0 Å². The van der Waals surface area contributed by atoms with Gasteiger partial charge in [0.15, 0.2) is 5.76 Å². The number of carbonyl (C=O) groups excluding carboxylic acids is 1. The van der Waals surface area contributed by atoms with E-state index in [2.05, 4.69) is 5.32 Å². The predicted molar refractivity (Wildman–Crippen MR) is 73.4 cm³/mol. The van der Waals surface area contributed by atoms with Gasteiger partial charge in [-0.25, -0.2) is 0 Å². The summed E-state index contributed by atoms with van der Waals surface area (Å²) in [4.78, 5) is 12.2. The molecule has 0 radical (unpaired) electrons. The van der Waals surface area contributed by atoms with Gasteiger partial charge < -0.3 is 20.2 Å². The molecule has 3 N–H and O–H groups in total. The minimum atomic E-state index is -0.230. The second-order valence-electron chi connectivity index (χ2n) is 4.67. The lowest BCUT2D eigenvalue weighted by molar-refractivity contribution is 0.0895. The van der Waals surface area contributed by atoms with Crippen molar-refractivity contribution in [3.8, 4) is 5.75 Å². The van der Waals surface area contributed by atoms with Crippen molar-refractivity contribution in [1.29, 1.82) is 0 Å². The molecule has 1 unspecified atom stereocenters. The molecule has 0 spiro atoms. The van der Waals surface area contributed by atoms with Gasteiger partial charge in [-0.15, -0.1) is 0 Å². The maximum Gasteiger partial charge on any atom is 0.287 e. The van der Waals surface area contributed by atoms with Gasteiger partial charge in [-0.2, -0.15) is 0 Å². The van der Waals surface area contributed by atoms with E-state index in [1.54, 1.807) is 12.1 Å². The van der Waals surface area contributed by atoms with Gasteiger partial charge in [0.2, 0.25) is 0 Å². The molecule has 0 bridgehead atoms. The quantitative estimate of drug-likeness (QED) is 0.895. The first-order valence-electron chi connectivity index (χ1n) is 6.59. The highest BCUT2D eigenvalue weighted by atomic mass is 16.5. The number of hydrogen-bond donors (Lipinski definition) is 2. The van der Waals surface area contributed by atoms with Crippen LogP contribution in [0.5, 0.6) is 5.75 Å². The van der Waals surface area contributed by atoms with Crippen LogP contribution in [0, 0.1) is 0 Å². The first-order valence-corrected chi connectivity index (χ1v) is 6.59. The minimum Gasteiger partial charge on any atom is -0.493 e. The molecule has 20 heavy (non-hydrogen) atoms. The normalized spacial score (nSPS) is 17.1. The SMILES string of the molecule is NCc1ccc(C(=O)NC2CCOc3ccccc32)o1. The smallest absolute Gasteiger partial charge is 0.287 e. The van der Waals surface area contributed by atoms with E-state index in [4.69, 9.17) is 14.9 Å². The van der Waals surface area contributed by atoms with Gasteiger partial charge >= 0.3 is 0 Å². The highest BCUT2D eigenvalue weighted by Gasteiger charge is 2.24. The van der Waals surface area contributed by atoms with Crippen molar-refractivity contribution in [1.82, 2.24) is 5.32 Å². The van der Waals surface area contributed by atoms with Crippen LogP contribution in [0.4, 0.5) is 0 Å². The van der Waals surface area contributed by atoms with Crippen LogP contribution in [0.1, 0.15) is 34.3 Å². The summed E-state index contributed by atoms with van der Waals surface area (Å²) in [7, 11) is 0. The van der Waals surface area contributed by atoms with Gasteiger partial charge in [-0.05, 0) is 18.2 Å². The second kappa shape index (κ2) is 5.38. The van der Waals surface area contributed by atoms with Gasteiger partial charge in [0, 0.05) is 12.0 Å². The number of nitrogens with two attached hydrogens (primary N) is 1. The summed E-state index contributed by atoms with van der Waals surface area (Å²) in [5.74, 6) is 1.48. The lowest BCUT2D eigenvalue weighted by atomic mass is 10.0. The number of rotatable bonds is 3. The molecule has 5 nitrogen and oxygen atoms in total. The van der Waals surface area contributed by atoms with Gasteiger partial charge in [0.05, 0.1) is 19.2 Å². The lowest BCUT2D eigenvalue weighted by Crippen LogP contribution is -2.31. The molecular formula is C15H16N2O3. The van der Waals surface area contributed by atoms with Gasteiger partial charge in [0.25, 0.3) is 5.91 Å². The molecule has 104 valence electrons. The van der Waals surface area contributed by atoms with E-state index in [1.807, 2.05) is 24.3 Å². The van der Waals surface area contributed by atoms with Crippen LogP contribution in [0.25, 0.3) is 0 Å². The molecule has 2 aromatic rings. The van der Waals surface area contributed by atoms with Crippen LogP contribution in [-0.4, -0.2) is 12.5 Å². The summed E-state index contributed by atoms with van der Waals surface area (Å²) in [6.07, 6.45) is 0.743. The van der Waals surface area contributed by atoms with Crippen molar-refractivity contribution in [3.05, 3.63) is 53.5 Å². The molecule has 0 saturated heterocycles. The predicted octanol–water partition coefficient (Wildman–Crippen LogP) is 1.99. The molecule has 0 aliphatic carbocycles. The van der Waals surface area contributed by atoms with E-state index in [0.29, 0.717) is 12.4 Å². The maximum atomic E-state index is 12.2. The summed E-state index contributed by atoms with van der Waals surface area (Å²) in [6.45, 7) is 0.877. The number of ether oxygens (including phenoxy) is 1. The molecule has 0 saturated carbocycles. The Morgan fingerprint density at radius 3 is 2.95 bits per heavy atom. The number of furan rings is 1. The maximum absolute atomic E-state index is 12.2. The number of amides is 1. The number of nitrogens with one attached hydrogen (secondary N) is 1. The fraction of sp³-hybridized carbons (Fsp3) is 0.267. The molecule has 2 heterocycles. The third-order valence-corrected chi connectivity index (χ3v) is 3.35. The fourth-order valence-electron chi connectivity index (χ4n) is 2.33. The molecule has 3 rings (SSSR count). The zero-order valence-electron chi connectivity index (χ0n) is 11.0. The Morgan fingerprint density at radius 1 is 1.30 bits per heavy atom. The summed E-state index contributed by atoms with van der Waals surface area (Å²) >= 11 is 0. The van der Waals surface area contributed by atoms with Crippen LogP contribution in [0.2, 0.25) is 0 Å². The summed E-state index contributed by atoms with van der Waals surface area (Å²) in [5, 5.41) is 2.98. The van der Waals surface area contributed by atoms with Crippen molar-refractivity contribution in [3.63, 3.8) is 0 Å². The standard InChI is InChI=1S/C15H16N2O3/c16-9-10-5-6-14(20-10)15(18)17-12-7-8-19-13-4-2-1-3-11(12)13/h1-6,12H,7-9,16H2,(H,17,18). The van der Waals surface area contributed by atoms with E-state index in [0.717, 1.165) is 17.7 Å². The van der Waals surface area contributed by atoms with E-state index in [1.165, 1.54) is 0 Å². The third kappa shape index (κ3) is 2.40. The van der Waals surface area contributed by atoms with Gasteiger partial charge in [-0.3, -0.25) is 4.79 Å². The highest BCUT2D eigenvalue weighted by molar-refractivity contribution is 5.91. The molecule has 1 aromatic carbocycles. The summed E-state index contributed by atoms with van der Waals surface area (Å²) in [6, 6.07) is 11.0. The summed E-state index contributed by atoms with van der Waals surface area (Å²) < 4.78 is 10.9. The number of para-hydroxylation sites is 1. The Balaban J connectivity index is 1.77. The molecule has 5 heteroatoms. The first-order chi connectivity index (χ1) is 9.78. The Labute approximate surface area is 116 Å². The molecule has 1 aliphatic heterocycles. The molecule has 1 atom stereocenters. The van der Waals surface area contributed by atoms with Crippen LogP contribution < -0.4 is 15.8 Å². The second-order valence-corrected chi connectivity index (χ2v) is 4.67. The monoisotopic (exact) mass is 272 g/mol. The topological polar surface area (TPSA) is 77.5 Å². The summed E-state index contributed by atoms with van der Waals surface area (Å²) in [5.41, 5.74) is 6.47.